The minimum absolute atomic E-state index is 0.627. The molecule has 2 heterocycles. The van der Waals surface area contributed by atoms with E-state index in [0.29, 0.717) is 5.41 Å². The van der Waals surface area contributed by atoms with Crippen molar-refractivity contribution in [2.75, 3.05) is 13.1 Å². The molecule has 1 nitrogen and oxygen atoms in total. The molecule has 0 atom stereocenters. The van der Waals surface area contributed by atoms with Gasteiger partial charge in [-0.1, -0.05) is 6.92 Å². The Morgan fingerprint density at radius 1 is 1.54 bits per heavy atom. The van der Waals surface area contributed by atoms with Gasteiger partial charge in [-0.25, -0.2) is 0 Å². The Balaban J connectivity index is 1.84. The number of aryl methyl sites for hydroxylation is 1. The lowest BCUT2D eigenvalue weighted by molar-refractivity contribution is 0.146. The average Bonchev–Trinajstić information content (AvgIpc) is 2.56. The van der Waals surface area contributed by atoms with Gasteiger partial charge in [-0.15, -0.1) is 0 Å². The predicted molar refractivity (Wildman–Crippen MR) is 58.2 cm³/mol. The molecular weight excluding hydrogens is 178 g/mol. The van der Waals surface area contributed by atoms with Crippen molar-refractivity contribution >= 4 is 11.3 Å². The fraction of sp³-hybridized carbons (Fsp3) is 0.636. The molecule has 2 heteroatoms. The Bertz CT molecular complexity index is 244. The summed E-state index contributed by atoms with van der Waals surface area (Å²) in [5, 5.41) is 7.83. The minimum Gasteiger partial charge on any atom is -0.316 e. The van der Waals surface area contributed by atoms with Crippen molar-refractivity contribution in [2.45, 2.75) is 26.2 Å². The van der Waals surface area contributed by atoms with Crippen molar-refractivity contribution in [3.63, 3.8) is 0 Å². The van der Waals surface area contributed by atoms with Crippen LogP contribution in [0.15, 0.2) is 16.8 Å². The summed E-state index contributed by atoms with van der Waals surface area (Å²) in [4.78, 5) is 0. The van der Waals surface area contributed by atoms with Crippen molar-refractivity contribution in [3.05, 3.63) is 22.4 Å². The Labute approximate surface area is 84.2 Å². The molecule has 0 spiro atoms. The highest BCUT2D eigenvalue weighted by Crippen LogP contribution is 2.32. The van der Waals surface area contributed by atoms with Gasteiger partial charge in [0.1, 0.15) is 0 Å². The Morgan fingerprint density at radius 3 is 2.85 bits per heavy atom. The van der Waals surface area contributed by atoms with Crippen LogP contribution in [0.2, 0.25) is 0 Å². The van der Waals surface area contributed by atoms with Gasteiger partial charge in [0.15, 0.2) is 0 Å². The van der Waals surface area contributed by atoms with Crippen LogP contribution in [0.25, 0.3) is 0 Å². The molecule has 2 rings (SSSR count). The van der Waals surface area contributed by atoms with E-state index in [1.165, 1.54) is 37.9 Å². The van der Waals surface area contributed by atoms with E-state index in [4.69, 9.17) is 0 Å². The molecule has 1 N–H and O–H groups in total. The Kier molecular flexibility index (Phi) is 2.70. The van der Waals surface area contributed by atoms with E-state index in [1.54, 1.807) is 0 Å². The minimum atomic E-state index is 0.627. The fourth-order valence-corrected chi connectivity index (χ4v) is 2.63. The molecule has 0 aromatic carbocycles. The second-order valence-electron chi connectivity index (χ2n) is 4.09. The van der Waals surface area contributed by atoms with Crippen molar-refractivity contribution in [1.29, 1.82) is 0 Å². The standard InChI is InChI=1S/C11H17NS/c1-2-11(8-12-9-11)5-3-10-4-6-13-7-10/h4,6-7,12H,2-3,5,8-9H2,1H3. The molecule has 0 aliphatic carbocycles. The number of hydrogen-bond donors (Lipinski definition) is 1. The molecule has 1 aliphatic rings. The molecule has 0 amide bonds. The van der Waals surface area contributed by atoms with Crippen molar-refractivity contribution in [2.24, 2.45) is 5.41 Å². The molecular formula is C11H17NS. The van der Waals surface area contributed by atoms with Crippen LogP contribution in [-0.4, -0.2) is 13.1 Å². The summed E-state index contributed by atoms with van der Waals surface area (Å²) in [5.41, 5.74) is 2.15. The van der Waals surface area contributed by atoms with Gasteiger partial charge in [-0.2, -0.15) is 11.3 Å². The Hall–Kier alpha value is -0.340. The first kappa shape index (κ1) is 9.22. The summed E-state index contributed by atoms with van der Waals surface area (Å²) in [6.45, 7) is 4.77. The van der Waals surface area contributed by atoms with Gasteiger partial charge in [0.05, 0.1) is 0 Å². The summed E-state index contributed by atoms with van der Waals surface area (Å²) in [7, 11) is 0. The lowest BCUT2D eigenvalue weighted by atomic mass is 9.75. The second kappa shape index (κ2) is 3.81. The van der Waals surface area contributed by atoms with E-state index in [2.05, 4.69) is 29.1 Å². The fourth-order valence-electron chi connectivity index (χ4n) is 1.93. The van der Waals surface area contributed by atoms with Gasteiger partial charge in [-0.3, -0.25) is 0 Å². The van der Waals surface area contributed by atoms with Crippen LogP contribution < -0.4 is 5.32 Å². The maximum Gasteiger partial charge on any atom is 0.00202 e. The molecule has 1 aromatic rings. The van der Waals surface area contributed by atoms with Crippen LogP contribution in [0.1, 0.15) is 25.3 Å². The summed E-state index contributed by atoms with van der Waals surface area (Å²) >= 11 is 1.81. The highest BCUT2D eigenvalue weighted by molar-refractivity contribution is 7.07. The van der Waals surface area contributed by atoms with Crippen LogP contribution in [-0.2, 0) is 6.42 Å². The van der Waals surface area contributed by atoms with Gasteiger partial charge in [0.2, 0.25) is 0 Å². The quantitative estimate of drug-likeness (QED) is 0.779. The van der Waals surface area contributed by atoms with Crippen LogP contribution in [0.4, 0.5) is 0 Å². The first-order valence-corrected chi connectivity index (χ1v) is 6.01. The number of rotatable bonds is 4. The third-order valence-electron chi connectivity index (χ3n) is 3.27. The summed E-state index contributed by atoms with van der Waals surface area (Å²) in [6.07, 6.45) is 3.94. The first-order chi connectivity index (χ1) is 6.35. The molecule has 72 valence electrons. The number of nitrogens with one attached hydrogen (secondary N) is 1. The highest BCUT2D eigenvalue weighted by Gasteiger charge is 2.34. The normalized spacial score (nSPS) is 19.8. The zero-order valence-corrected chi connectivity index (χ0v) is 8.99. The van der Waals surface area contributed by atoms with E-state index < -0.39 is 0 Å². The van der Waals surface area contributed by atoms with E-state index >= 15 is 0 Å². The molecule has 13 heavy (non-hydrogen) atoms. The third kappa shape index (κ3) is 1.94. The van der Waals surface area contributed by atoms with E-state index in [9.17, 15) is 0 Å². The lowest BCUT2D eigenvalue weighted by Gasteiger charge is -2.42. The maximum absolute atomic E-state index is 3.39. The molecule has 0 radical (unpaired) electrons. The molecule has 1 aliphatic heterocycles. The van der Waals surface area contributed by atoms with Crippen LogP contribution in [0, 0.1) is 5.41 Å². The molecule has 1 aromatic heterocycles. The van der Waals surface area contributed by atoms with Gasteiger partial charge < -0.3 is 5.32 Å². The zero-order chi connectivity index (χ0) is 9.15. The highest BCUT2D eigenvalue weighted by atomic mass is 32.1. The molecule has 0 saturated carbocycles. The largest absolute Gasteiger partial charge is 0.316 e. The molecule has 0 bridgehead atoms. The lowest BCUT2D eigenvalue weighted by Crippen LogP contribution is -2.53. The molecule has 1 saturated heterocycles. The van der Waals surface area contributed by atoms with E-state index in [-0.39, 0.29) is 0 Å². The van der Waals surface area contributed by atoms with Gasteiger partial charge >= 0.3 is 0 Å². The summed E-state index contributed by atoms with van der Waals surface area (Å²) < 4.78 is 0. The SMILES string of the molecule is CCC1(CCc2ccsc2)CNC1. The smallest absolute Gasteiger partial charge is 0.00202 e. The van der Waals surface area contributed by atoms with Crippen molar-refractivity contribution in [1.82, 2.24) is 5.32 Å². The van der Waals surface area contributed by atoms with Crippen LogP contribution in [0.3, 0.4) is 0 Å². The van der Waals surface area contributed by atoms with Crippen molar-refractivity contribution in [3.8, 4) is 0 Å². The molecule has 0 unspecified atom stereocenters. The second-order valence-corrected chi connectivity index (χ2v) is 4.87. The maximum atomic E-state index is 3.39. The monoisotopic (exact) mass is 195 g/mol. The predicted octanol–water partition coefficient (Wildman–Crippen LogP) is 2.68. The van der Waals surface area contributed by atoms with Gasteiger partial charge in [-0.05, 0) is 47.1 Å². The van der Waals surface area contributed by atoms with E-state index in [0.717, 1.165) is 0 Å². The topological polar surface area (TPSA) is 12.0 Å². The van der Waals surface area contributed by atoms with Crippen molar-refractivity contribution < 1.29 is 0 Å². The summed E-state index contributed by atoms with van der Waals surface area (Å²) in [6, 6.07) is 2.25. The first-order valence-electron chi connectivity index (χ1n) is 5.06. The Morgan fingerprint density at radius 2 is 2.38 bits per heavy atom. The van der Waals surface area contributed by atoms with Gasteiger partial charge in [0.25, 0.3) is 0 Å². The van der Waals surface area contributed by atoms with Crippen LogP contribution in [0.5, 0.6) is 0 Å². The van der Waals surface area contributed by atoms with E-state index in [1.807, 2.05) is 11.3 Å². The third-order valence-corrected chi connectivity index (χ3v) is 4.01. The number of hydrogen-bond acceptors (Lipinski definition) is 2. The summed E-state index contributed by atoms with van der Waals surface area (Å²) in [5.74, 6) is 0. The number of thiophene rings is 1. The van der Waals surface area contributed by atoms with Gasteiger partial charge in [0, 0.05) is 13.1 Å². The molecule has 1 fully saturated rings. The van der Waals surface area contributed by atoms with Crippen LogP contribution >= 0.6 is 11.3 Å². The average molecular weight is 195 g/mol. The zero-order valence-electron chi connectivity index (χ0n) is 8.18.